The minimum absolute atomic E-state index is 0.0344. The molecule has 2 aromatic carbocycles. The molecule has 2 amide bonds. The van der Waals surface area contributed by atoms with E-state index in [0.717, 1.165) is 25.0 Å². The van der Waals surface area contributed by atoms with Crippen LogP contribution in [0.25, 0.3) is 0 Å². The first-order chi connectivity index (χ1) is 11.4. The second-order valence-corrected chi connectivity index (χ2v) is 5.93. The van der Waals surface area contributed by atoms with Crippen molar-refractivity contribution in [3.63, 3.8) is 0 Å². The lowest BCUT2D eigenvalue weighted by Gasteiger charge is -2.10. The van der Waals surface area contributed by atoms with Crippen LogP contribution in [0, 0.1) is 11.6 Å². The summed E-state index contributed by atoms with van der Waals surface area (Å²) in [6.07, 6.45) is 1.88. The van der Waals surface area contributed by atoms with Crippen molar-refractivity contribution >= 4 is 29.1 Å². The van der Waals surface area contributed by atoms with E-state index >= 15 is 0 Å². The Morgan fingerprint density at radius 2 is 1.75 bits per heavy atom. The number of carbonyl (C=O) groups is 2. The second-order valence-electron chi connectivity index (χ2n) is 5.53. The molecule has 0 spiro atoms. The zero-order chi connectivity index (χ0) is 17.3. The molecule has 124 valence electrons. The highest BCUT2D eigenvalue weighted by molar-refractivity contribution is 6.34. The van der Waals surface area contributed by atoms with Crippen molar-refractivity contribution < 1.29 is 18.4 Å². The van der Waals surface area contributed by atoms with E-state index in [1.807, 2.05) is 0 Å². The van der Waals surface area contributed by atoms with E-state index in [1.54, 1.807) is 0 Å². The Kier molecular flexibility index (Phi) is 4.49. The Hall–Kier alpha value is -2.47. The summed E-state index contributed by atoms with van der Waals surface area (Å²) < 4.78 is 26.1. The molecule has 1 aliphatic rings. The summed E-state index contributed by atoms with van der Waals surface area (Å²) in [5.41, 5.74) is 0.537. The third-order valence-electron chi connectivity index (χ3n) is 3.56. The predicted molar refractivity (Wildman–Crippen MR) is 86.3 cm³/mol. The summed E-state index contributed by atoms with van der Waals surface area (Å²) in [7, 11) is 0. The zero-order valence-corrected chi connectivity index (χ0v) is 13.2. The van der Waals surface area contributed by atoms with Crippen LogP contribution in [0.15, 0.2) is 36.4 Å². The van der Waals surface area contributed by atoms with Gasteiger partial charge in [0, 0.05) is 17.3 Å². The van der Waals surface area contributed by atoms with E-state index in [2.05, 4.69) is 10.6 Å². The summed E-state index contributed by atoms with van der Waals surface area (Å²) >= 11 is 6.02. The number of nitrogens with one attached hydrogen (secondary N) is 2. The van der Waals surface area contributed by atoms with Crippen molar-refractivity contribution in [2.45, 2.75) is 18.9 Å². The van der Waals surface area contributed by atoms with Gasteiger partial charge in [0.2, 0.25) is 0 Å². The molecule has 7 heteroatoms. The van der Waals surface area contributed by atoms with Gasteiger partial charge in [0.25, 0.3) is 11.8 Å². The van der Waals surface area contributed by atoms with Gasteiger partial charge in [-0.3, -0.25) is 9.59 Å². The molecule has 0 bridgehead atoms. The average Bonchev–Trinajstić information content (AvgIpc) is 3.35. The summed E-state index contributed by atoms with van der Waals surface area (Å²) in [5, 5.41) is 5.60. The maximum Gasteiger partial charge on any atom is 0.255 e. The topological polar surface area (TPSA) is 58.2 Å². The van der Waals surface area contributed by atoms with E-state index < -0.39 is 17.5 Å². The smallest absolute Gasteiger partial charge is 0.255 e. The van der Waals surface area contributed by atoms with Gasteiger partial charge in [-0.2, -0.15) is 0 Å². The van der Waals surface area contributed by atoms with Crippen molar-refractivity contribution in [3.05, 3.63) is 64.2 Å². The summed E-state index contributed by atoms with van der Waals surface area (Å²) in [6.45, 7) is 0. The van der Waals surface area contributed by atoms with Gasteiger partial charge in [-0.05, 0) is 49.2 Å². The van der Waals surface area contributed by atoms with Crippen molar-refractivity contribution in [3.8, 4) is 0 Å². The third kappa shape index (κ3) is 3.71. The molecule has 0 atom stereocenters. The maximum absolute atomic E-state index is 13.2. The van der Waals surface area contributed by atoms with Crippen molar-refractivity contribution in [2.24, 2.45) is 0 Å². The molecule has 0 aliphatic heterocycles. The molecule has 2 N–H and O–H groups in total. The first kappa shape index (κ1) is 16.4. The van der Waals surface area contributed by atoms with Gasteiger partial charge in [0.15, 0.2) is 11.6 Å². The number of rotatable bonds is 4. The van der Waals surface area contributed by atoms with Crippen LogP contribution in [-0.2, 0) is 0 Å². The number of halogens is 3. The van der Waals surface area contributed by atoms with Crippen LogP contribution in [0.5, 0.6) is 0 Å². The van der Waals surface area contributed by atoms with Crippen LogP contribution < -0.4 is 10.6 Å². The van der Waals surface area contributed by atoms with Crippen molar-refractivity contribution in [1.82, 2.24) is 5.32 Å². The fourth-order valence-corrected chi connectivity index (χ4v) is 2.31. The Morgan fingerprint density at radius 1 is 1.00 bits per heavy atom. The largest absolute Gasteiger partial charge is 0.349 e. The van der Waals surface area contributed by atoms with E-state index in [0.29, 0.717) is 5.69 Å². The van der Waals surface area contributed by atoms with Crippen molar-refractivity contribution in [1.29, 1.82) is 0 Å². The molecule has 0 aromatic heterocycles. The fourth-order valence-electron chi connectivity index (χ4n) is 2.11. The lowest BCUT2D eigenvalue weighted by Crippen LogP contribution is -2.25. The first-order valence-electron chi connectivity index (χ1n) is 7.31. The molecular weight excluding hydrogens is 338 g/mol. The summed E-state index contributed by atoms with van der Waals surface area (Å²) in [6, 6.07) is 7.48. The Labute approximate surface area is 141 Å². The van der Waals surface area contributed by atoms with Crippen molar-refractivity contribution in [2.75, 3.05) is 5.32 Å². The van der Waals surface area contributed by atoms with Gasteiger partial charge in [-0.1, -0.05) is 11.6 Å². The van der Waals surface area contributed by atoms with E-state index in [9.17, 15) is 18.4 Å². The highest BCUT2D eigenvalue weighted by Crippen LogP contribution is 2.24. The third-order valence-corrected chi connectivity index (χ3v) is 3.89. The molecule has 0 unspecified atom stereocenters. The molecular formula is C17H13ClF2N2O2. The van der Waals surface area contributed by atoms with Crippen LogP contribution in [0.1, 0.15) is 33.6 Å². The van der Waals surface area contributed by atoms with Crippen LogP contribution >= 0.6 is 11.6 Å². The first-order valence-corrected chi connectivity index (χ1v) is 7.68. The molecule has 2 aromatic rings. The lowest BCUT2D eigenvalue weighted by atomic mass is 10.1. The maximum atomic E-state index is 13.2. The van der Waals surface area contributed by atoms with E-state index in [1.165, 1.54) is 24.3 Å². The molecule has 1 saturated carbocycles. The molecule has 4 nitrogen and oxygen atoms in total. The molecule has 24 heavy (non-hydrogen) atoms. The number of hydrogen-bond acceptors (Lipinski definition) is 2. The van der Waals surface area contributed by atoms with Gasteiger partial charge >= 0.3 is 0 Å². The molecule has 3 rings (SSSR count). The van der Waals surface area contributed by atoms with Crippen LogP contribution in [0.2, 0.25) is 5.02 Å². The molecule has 0 radical (unpaired) electrons. The normalized spacial score (nSPS) is 13.5. The van der Waals surface area contributed by atoms with Gasteiger partial charge in [0.05, 0.1) is 10.6 Å². The number of carbonyl (C=O) groups excluding carboxylic acids is 2. The van der Waals surface area contributed by atoms with Gasteiger partial charge in [-0.25, -0.2) is 8.78 Å². The standard InChI is InChI=1S/C17H13ClF2N2O2/c18-13-5-4-11(8-12(13)17(24)21-10-2-3-10)22-16(23)9-1-6-14(19)15(20)7-9/h1,4-8,10H,2-3H2,(H,21,24)(H,22,23). The Balaban J connectivity index is 1.77. The van der Waals surface area contributed by atoms with E-state index in [-0.39, 0.29) is 28.1 Å². The highest BCUT2D eigenvalue weighted by Gasteiger charge is 2.25. The Morgan fingerprint density at radius 3 is 2.42 bits per heavy atom. The quantitative estimate of drug-likeness (QED) is 0.882. The number of anilines is 1. The predicted octanol–water partition coefficient (Wildman–Crippen LogP) is 3.76. The minimum atomic E-state index is -1.11. The van der Waals surface area contributed by atoms with Crippen LogP contribution in [0.3, 0.4) is 0 Å². The summed E-state index contributed by atoms with van der Waals surface area (Å²) in [5.74, 6) is -3.07. The second kappa shape index (κ2) is 6.57. The van der Waals surface area contributed by atoms with Gasteiger partial charge in [0.1, 0.15) is 0 Å². The number of benzene rings is 2. The molecule has 0 heterocycles. The summed E-state index contributed by atoms with van der Waals surface area (Å²) in [4.78, 5) is 24.2. The highest BCUT2D eigenvalue weighted by atomic mass is 35.5. The zero-order valence-electron chi connectivity index (χ0n) is 12.4. The Bertz CT molecular complexity index is 822. The van der Waals surface area contributed by atoms with E-state index in [4.69, 9.17) is 11.6 Å². The van der Waals surface area contributed by atoms with Crippen LogP contribution in [0.4, 0.5) is 14.5 Å². The number of amides is 2. The number of hydrogen-bond donors (Lipinski definition) is 2. The molecule has 1 aliphatic carbocycles. The van der Waals surface area contributed by atoms with Gasteiger partial charge in [-0.15, -0.1) is 0 Å². The SMILES string of the molecule is O=C(Nc1ccc(Cl)c(C(=O)NC2CC2)c1)c1ccc(F)c(F)c1. The molecule has 1 fully saturated rings. The fraction of sp³-hybridized carbons (Fsp3) is 0.176. The van der Waals surface area contributed by atoms with Gasteiger partial charge < -0.3 is 10.6 Å². The van der Waals surface area contributed by atoms with Crippen LogP contribution in [-0.4, -0.2) is 17.9 Å². The monoisotopic (exact) mass is 350 g/mol. The lowest BCUT2D eigenvalue weighted by molar-refractivity contribution is 0.0949. The minimum Gasteiger partial charge on any atom is -0.349 e. The molecule has 0 saturated heterocycles. The average molecular weight is 351 g/mol.